The van der Waals surface area contributed by atoms with Crippen molar-refractivity contribution in [2.24, 2.45) is 0 Å². The van der Waals surface area contributed by atoms with E-state index in [4.69, 9.17) is 15.6 Å². The molecule has 254 valence electrons. The summed E-state index contributed by atoms with van der Waals surface area (Å²) in [6, 6.07) is 16.2. The highest BCUT2D eigenvalue weighted by Gasteiger charge is 2.37. The van der Waals surface area contributed by atoms with Crippen molar-refractivity contribution in [2.75, 3.05) is 58.2 Å². The molecular weight excluding hydrogens is 625 g/mol. The zero-order chi connectivity index (χ0) is 34.1. The number of aromatic nitrogens is 4. The number of carbonyl (C=O) groups is 1. The topological polar surface area (TPSA) is 142 Å². The molecule has 3 saturated heterocycles. The number of carbonyl (C=O) groups excluding carboxylic acids is 1. The van der Waals surface area contributed by atoms with Crippen LogP contribution in [0.4, 0.5) is 10.2 Å². The van der Waals surface area contributed by atoms with E-state index in [9.17, 15) is 10.1 Å². The number of amides is 1. The predicted molar refractivity (Wildman–Crippen MR) is 183 cm³/mol. The molecule has 2 aromatic carbocycles. The summed E-state index contributed by atoms with van der Waals surface area (Å²) in [7, 11) is 0. The molecule has 1 atom stereocenters. The number of halogens is 1. The quantitative estimate of drug-likeness (QED) is 0.168. The summed E-state index contributed by atoms with van der Waals surface area (Å²) in [6.45, 7) is 10.4. The second-order valence-electron chi connectivity index (χ2n) is 13.4. The Balaban J connectivity index is 1.11. The van der Waals surface area contributed by atoms with Crippen molar-refractivity contribution >= 4 is 22.8 Å². The number of piperidine rings is 1. The molecule has 3 aliphatic rings. The van der Waals surface area contributed by atoms with Gasteiger partial charge >= 0.3 is 0 Å². The number of nitrogens with two attached hydrogens (primary N) is 1. The molecule has 3 N–H and O–H groups in total. The number of benzene rings is 2. The molecule has 7 rings (SSSR count). The summed E-state index contributed by atoms with van der Waals surface area (Å²) >= 11 is 0. The van der Waals surface area contributed by atoms with Gasteiger partial charge in [-0.1, -0.05) is 18.2 Å². The van der Waals surface area contributed by atoms with Crippen LogP contribution >= 0.6 is 0 Å². The van der Waals surface area contributed by atoms with Crippen molar-refractivity contribution < 1.29 is 18.7 Å². The van der Waals surface area contributed by atoms with Crippen LogP contribution in [-0.2, 0) is 4.79 Å². The number of para-hydroxylation sites is 1. The summed E-state index contributed by atoms with van der Waals surface area (Å²) in [4.78, 5) is 29.1. The van der Waals surface area contributed by atoms with Gasteiger partial charge in [-0.05, 0) is 57.0 Å². The zero-order valence-electron chi connectivity index (χ0n) is 27.8. The number of hydrogen-bond acceptors (Lipinski definition) is 9. The third-order valence-electron chi connectivity index (χ3n) is 9.90. The molecule has 49 heavy (non-hydrogen) atoms. The molecular formula is C36H41FN9O3+. The number of rotatable bonds is 8. The fourth-order valence-corrected chi connectivity index (χ4v) is 7.05. The minimum Gasteiger partial charge on any atom is -0.457 e. The van der Waals surface area contributed by atoms with Gasteiger partial charge < -0.3 is 20.1 Å². The van der Waals surface area contributed by atoms with Crippen LogP contribution in [0.15, 0.2) is 66.5 Å². The Morgan fingerprint density at radius 1 is 1.06 bits per heavy atom. The highest BCUT2D eigenvalue weighted by atomic mass is 19.1. The van der Waals surface area contributed by atoms with Crippen molar-refractivity contribution in [1.82, 2.24) is 34.4 Å². The smallest absolute Gasteiger partial charge is 0.264 e. The lowest BCUT2D eigenvalue weighted by Gasteiger charge is -2.45. The summed E-state index contributed by atoms with van der Waals surface area (Å²) in [5, 5.41) is 15.4. The Bertz CT molecular complexity index is 1910. The Morgan fingerprint density at radius 3 is 2.53 bits per heavy atom. The molecule has 0 saturated carbocycles. The van der Waals surface area contributed by atoms with Gasteiger partial charge in [0.15, 0.2) is 18.9 Å². The highest BCUT2D eigenvalue weighted by Crippen LogP contribution is 2.36. The normalized spacial score (nSPS) is 19.8. The molecule has 2 aromatic heterocycles. The molecule has 0 radical (unpaired) electrons. The number of ether oxygens (including phenoxy) is 2. The number of anilines is 1. The standard InChI is InChI=1S/C36H40FN9O3/c1-36(2,45-15-13-43(14-16-45)26-21-48-22-26)18-24(19-38)35(47)44-12-6-7-25(20-44)46-34-31(33(39)40-23-41-34)32(42-46)29-11-10-28(17-30(29)37)49-27-8-4-3-5-9-27/h3-5,8-11,17-18,23,25-26H,6-7,12-16,20-22H2,1-2H3,(H2,39,40,41)/p+1/b24-18+/t25-/m1/s1. The van der Waals surface area contributed by atoms with Crippen LogP contribution < -0.4 is 10.5 Å². The van der Waals surface area contributed by atoms with Gasteiger partial charge in [0.1, 0.15) is 52.8 Å². The average molecular weight is 667 g/mol. The van der Waals surface area contributed by atoms with E-state index in [2.05, 4.69) is 44.4 Å². The van der Waals surface area contributed by atoms with Crippen molar-refractivity contribution in [3.05, 3.63) is 72.3 Å². The minimum atomic E-state index is -0.532. The van der Waals surface area contributed by atoms with E-state index < -0.39 is 11.4 Å². The van der Waals surface area contributed by atoms with Gasteiger partial charge in [-0.25, -0.2) is 19.0 Å². The van der Waals surface area contributed by atoms with Crippen LogP contribution in [0.3, 0.4) is 0 Å². The van der Waals surface area contributed by atoms with Gasteiger partial charge in [0, 0.05) is 56.4 Å². The summed E-state index contributed by atoms with van der Waals surface area (Å²) in [5.41, 5.74) is 6.99. The van der Waals surface area contributed by atoms with Crippen molar-refractivity contribution in [2.45, 2.75) is 44.3 Å². The lowest BCUT2D eigenvalue weighted by Crippen LogP contribution is -2.60. The van der Waals surface area contributed by atoms with Crippen LogP contribution in [0.2, 0.25) is 0 Å². The van der Waals surface area contributed by atoms with E-state index in [1.165, 1.54) is 12.4 Å². The maximum Gasteiger partial charge on any atom is 0.264 e. The molecule has 13 heteroatoms. The molecule has 1 amide bonds. The number of likely N-dealkylation sites (tertiary alicyclic amines) is 1. The fourth-order valence-electron chi connectivity index (χ4n) is 7.05. The number of nitriles is 1. The van der Waals surface area contributed by atoms with Crippen molar-refractivity contribution in [3.8, 4) is 28.8 Å². The van der Waals surface area contributed by atoms with Gasteiger partial charge in [0.05, 0.1) is 11.4 Å². The van der Waals surface area contributed by atoms with E-state index in [0.29, 0.717) is 60.2 Å². The van der Waals surface area contributed by atoms with Gasteiger partial charge in [-0.2, -0.15) is 10.4 Å². The minimum absolute atomic E-state index is 0.128. The summed E-state index contributed by atoms with van der Waals surface area (Å²) < 4.78 is 27.6. The molecule has 4 aromatic rings. The second kappa shape index (κ2) is 13.5. The second-order valence-corrected chi connectivity index (χ2v) is 13.4. The molecule has 0 aliphatic carbocycles. The molecule has 0 spiro atoms. The number of aliphatic hydroxyl groups is 2. The van der Waals surface area contributed by atoms with Crippen LogP contribution in [0, 0.1) is 17.1 Å². The van der Waals surface area contributed by atoms with Crippen LogP contribution in [0.5, 0.6) is 11.5 Å². The van der Waals surface area contributed by atoms with Gasteiger partial charge in [-0.15, -0.1) is 0 Å². The fraction of sp³-hybridized carbons (Fsp3) is 0.417. The van der Waals surface area contributed by atoms with E-state index in [0.717, 1.165) is 39.4 Å². The molecule has 0 bridgehead atoms. The van der Waals surface area contributed by atoms with E-state index in [1.807, 2.05) is 24.3 Å². The summed E-state index contributed by atoms with van der Waals surface area (Å²) in [6.07, 6.45) is 4.59. The van der Waals surface area contributed by atoms with Crippen molar-refractivity contribution in [3.63, 3.8) is 0 Å². The first-order valence-electron chi connectivity index (χ1n) is 16.8. The number of nitrogen functional groups attached to an aromatic ring is 1. The maximum atomic E-state index is 15.7. The Morgan fingerprint density at radius 2 is 1.84 bits per heavy atom. The number of piperazine rings is 1. The molecule has 3 fully saturated rings. The van der Waals surface area contributed by atoms with Crippen LogP contribution in [0.1, 0.15) is 32.7 Å². The van der Waals surface area contributed by atoms with Crippen LogP contribution in [0.25, 0.3) is 22.3 Å². The highest BCUT2D eigenvalue weighted by molar-refractivity contribution is 5.99. The van der Waals surface area contributed by atoms with Crippen LogP contribution in [-0.4, -0.2) is 109 Å². The molecule has 0 unspecified atom stereocenters. The molecule has 3 aliphatic heterocycles. The Kier molecular flexibility index (Phi) is 9.02. The maximum absolute atomic E-state index is 15.7. The summed E-state index contributed by atoms with van der Waals surface area (Å²) in [5.74, 6) is 0.282. The SMILES string of the molecule is CC(C)(/C=C(\C#N)C(=O)N1CCC[C@@H](n2nc(-c3ccc(Oc4ccccc4)cc3F)c3c(N)ncnc32)C1)N1CCN(C2C[OH+]C2)CC1. The monoisotopic (exact) mass is 666 g/mol. The number of hydrogen-bond donors (Lipinski definition) is 1. The molecule has 5 heterocycles. The Hall–Kier alpha value is -4.90. The third-order valence-corrected chi connectivity index (χ3v) is 9.90. The van der Waals surface area contributed by atoms with E-state index >= 15 is 4.39 Å². The first-order chi connectivity index (χ1) is 23.7. The molecule has 12 nitrogen and oxygen atoms in total. The largest absolute Gasteiger partial charge is 0.457 e. The number of nitrogens with zero attached hydrogens (tertiary/aromatic N) is 8. The first-order valence-corrected chi connectivity index (χ1v) is 16.8. The van der Waals surface area contributed by atoms with Gasteiger partial charge in [-0.3, -0.25) is 14.6 Å². The van der Waals surface area contributed by atoms with Crippen molar-refractivity contribution in [1.29, 1.82) is 5.26 Å². The lowest BCUT2D eigenvalue weighted by atomic mass is 9.96. The number of fused-ring (bicyclic) bond motifs is 1. The van der Waals surface area contributed by atoms with E-state index in [1.54, 1.807) is 33.8 Å². The third kappa shape index (κ3) is 6.59. The average Bonchev–Trinajstić information content (AvgIpc) is 3.48. The van der Waals surface area contributed by atoms with Gasteiger partial charge in [0.25, 0.3) is 5.91 Å². The van der Waals surface area contributed by atoms with E-state index in [-0.39, 0.29) is 28.9 Å². The Labute approximate surface area is 284 Å². The van der Waals surface area contributed by atoms with Gasteiger partial charge in [0.2, 0.25) is 0 Å². The predicted octanol–water partition coefficient (Wildman–Crippen LogP) is 3.93. The first kappa shape index (κ1) is 32.6. The lowest BCUT2D eigenvalue weighted by molar-refractivity contribution is -0.189. The zero-order valence-corrected chi connectivity index (χ0v) is 27.8.